The van der Waals surface area contributed by atoms with Crippen LogP contribution in [0.15, 0.2) is 24.3 Å². The zero-order chi connectivity index (χ0) is 10.4. The summed E-state index contributed by atoms with van der Waals surface area (Å²) in [4.78, 5) is 21.3. The van der Waals surface area contributed by atoms with Gasteiger partial charge in [0.25, 0.3) is 5.91 Å². The smallest absolute Gasteiger partial charge is 0.251 e. The van der Waals surface area contributed by atoms with Crippen molar-refractivity contribution >= 4 is 12.2 Å². The molecule has 0 heterocycles. The van der Waals surface area contributed by atoms with Gasteiger partial charge in [-0.2, -0.15) is 0 Å². The molecule has 0 atom stereocenters. The number of rotatable bonds is 4. The van der Waals surface area contributed by atoms with E-state index in [9.17, 15) is 9.59 Å². The normalized spacial score (nSPS) is 9.50. The predicted octanol–water partition coefficient (Wildman–Crippen LogP) is 0.108. The Morgan fingerprint density at radius 3 is 2.50 bits per heavy atom. The lowest BCUT2D eigenvalue weighted by atomic mass is 10.1. The van der Waals surface area contributed by atoms with E-state index in [4.69, 9.17) is 5.11 Å². The highest BCUT2D eigenvalue weighted by Crippen LogP contribution is 2.03. The maximum atomic E-state index is 11.3. The number of hydrogen-bond acceptors (Lipinski definition) is 3. The molecule has 14 heavy (non-hydrogen) atoms. The van der Waals surface area contributed by atoms with Crippen LogP contribution in [0.4, 0.5) is 0 Å². The van der Waals surface area contributed by atoms with E-state index in [2.05, 4.69) is 5.32 Å². The van der Waals surface area contributed by atoms with Crippen molar-refractivity contribution in [3.8, 4) is 0 Å². The number of nitrogens with one attached hydrogen (secondary N) is 1. The molecule has 74 valence electrons. The number of aliphatic hydroxyl groups excluding tert-OH is 1. The first-order valence-electron chi connectivity index (χ1n) is 4.19. The van der Waals surface area contributed by atoms with Crippen molar-refractivity contribution in [2.75, 3.05) is 6.54 Å². The van der Waals surface area contributed by atoms with Gasteiger partial charge in [-0.15, -0.1) is 0 Å². The van der Waals surface area contributed by atoms with Crippen LogP contribution in [0.5, 0.6) is 0 Å². The van der Waals surface area contributed by atoms with Crippen molar-refractivity contribution < 1.29 is 14.7 Å². The van der Waals surface area contributed by atoms with E-state index >= 15 is 0 Å². The quantitative estimate of drug-likeness (QED) is 0.667. The highest BCUT2D eigenvalue weighted by atomic mass is 16.3. The van der Waals surface area contributed by atoms with Gasteiger partial charge in [-0.3, -0.25) is 4.79 Å². The maximum absolute atomic E-state index is 11.3. The van der Waals surface area contributed by atoms with Crippen LogP contribution < -0.4 is 5.32 Å². The molecule has 0 aromatic heterocycles. The maximum Gasteiger partial charge on any atom is 0.251 e. The van der Waals surface area contributed by atoms with Crippen LogP contribution in [0.1, 0.15) is 15.9 Å². The van der Waals surface area contributed by atoms with E-state index in [1.165, 1.54) is 0 Å². The number of aldehydes is 1. The number of carbonyl (C=O) groups excluding carboxylic acids is 2. The summed E-state index contributed by atoms with van der Waals surface area (Å²) in [5.41, 5.74) is 1.22. The Hall–Kier alpha value is -1.68. The fraction of sp³-hybridized carbons (Fsp3) is 0.200. The molecule has 1 aromatic carbocycles. The molecule has 0 saturated heterocycles. The average Bonchev–Trinajstić information content (AvgIpc) is 2.26. The third kappa shape index (κ3) is 2.67. The topological polar surface area (TPSA) is 66.4 Å². The summed E-state index contributed by atoms with van der Waals surface area (Å²) in [5, 5.41) is 11.2. The van der Waals surface area contributed by atoms with E-state index < -0.39 is 0 Å². The van der Waals surface area contributed by atoms with Crippen molar-refractivity contribution in [3.05, 3.63) is 35.4 Å². The van der Waals surface area contributed by atoms with Gasteiger partial charge in [0.15, 0.2) is 0 Å². The molecule has 0 fully saturated rings. The third-order valence-corrected chi connectivity index (χ3v) is 1.74. The van der Waals surface area contributed by atoms with Crippen LogP contribution in [0.2, 0.25) is 0 Å². The average molecular weight is 193 g/mol. The molecule has 1 rings (SSSR count). The van der Waals surface area contributed by atoms with Crippen LogP contribution in [0.25, 0.3) is 0 Å². The standard InChI is InChI=1S/C10H11NO3/c12-6-5-11-10(14)9-3-1-8(7-13)2-4-9/h1-4,6,13H,5,7H2,(H,11,14). The van der Waals surface area contributed by atoms with Crippen LogP contribution >= 0.6 is 0 Å². The minimum Gasteiger partial charge on any atom is -0.392 e. The van der Waals surface area contributed by atoms with E-state index in [0.29, 0.717) is 11.8 Å². The van der Waals surface area contributed by atoms with Gasteiger partial charge >= 0.3 is 0 Å². The number of benzene rings is 1. The molecule has 0 aliphatic heterocycles. The minimum atomic E-state index is -0.290. The fourth-order valence-electron chi connectivity index (χ4n) is 0.998. The van der Waals surface area contributed by atoms with Crippen molar-refractivity contribution in [3.63, 3.8) is 0 Å². The first kappa shape index (κ1) is 10.4. The van der Waals surface area contributed by atoms with Gasteiger partial charge in [-0.05, 0) is 17.7 Å². The predicted molar refractivity (Wildman–Crippen MR) is 50.8 cm³/mol. The van der Waals surface area contributed by atoms with Crippen molar-refractivity contribution in [2.24, 2.45) is 0 Å². The second-order valence-corrected chi connectivity index (χ2v) is 2.73. The van der Waals surface area contributed by atoms with Gasteiger partial charge in [-0.25, -0.2) is 0 Å². The van der Waals surface area contributed by atoms with Crippen LogP contribution in [-0.4, -0.2) is 23.8 Å². The third-order valence-electron chi connectivity index (χ3n) is 1.74. The van der Waals surface area contributed by atoms with Crippen LogP contribution in [0.3, 0.4) is 0 Å². The molecule has 1 amide bonds. The summed E-state index contributed by atoms with van der Waals surface area (Å²) in [7, 11) is 0. The summed E-state index contributed by atoms with van der Waals surface area (Å²) >= 11 is 0. The molecule has 2 N–H and O–H groups in total. The van der Waals surface area contributed by atoms with Crippen LogP contribution in [-0.2, 0) is 11.4 Å². The summed E-state index contributed by atoms with van der Waals surface area (Å²) in [6.07, 6.45) is 0.625. The zero-order valence-electron chi connectivity index (χ0n) is 7.56. The summed E-state index contributed by atoms with van der Waals surface area (Å²) < 4.78 is 0. The first-order chi connectivity index (χ1) is 6.77. The molecular weight excluding hydrogens is 182 g/mol. The lowest BCUT2D eigenvalue weighted by Crippen LogP contribution is -2.24. The molecule has 0 aliphatic carbocycles. The van der Waals surface area contributed by atoms with Gasteiger partial charge in [0.2, 0.25) is 0 Å². The van der Waals surface area contributed by atoms with Crippen molar-refractivity contribution in [1.29, 1.82) is 0 Å². The second-order valence-electron chi connectivity index (χ2n) is 2.73. The molecule has 0 unspecified atom stereocenters. The Bertz CT molecular complexity index is 319. The van der Waals surface area contributed by atoms with Gasteiger partial charge in [0.1, 0.15) is 6.29 Å². The Labute approximate surface area is 81.6 Å². The minimum absolute atomic E-state index is 0.0145. The number of amides is 1. The fourth-order valence-corrected chi connectivity index (χ4v) is 0.998. The van der Waals surface area contributed by atoms with E-state index in [-0.39, 0.29) is 19.1 Å². The Balaban J connectivity index is 2.66. The second kappa shape index (κ2) is 5.14. The lowest BCUT2D eigenvalue weighted by molar-refractivity contribution is -0.107. The van der Waals surface area contributed by atoms with Gasteiger partial charge < -0.3 is 15.2 Å². The largest absolute Gasteiger partial charge is 0.392 e. The molecule has 0 aliphatic rings. The number of aliphatic hydroxyl groups is 1. The van der Waals surface area contributed by atoms with Crippen molar-refractivity contribution in [2.45, 2.75) is 6.61 Å². The summed E-state index contributed by atoms with van der Waals surface area (Å²) in [6, 6.07) is 6.53. The van der Waals surface area contributed by atoms with E-state index in [1.807, 2.05) is 0 Å². The first-order valence-corrected chi connectivity index (χ1v) is 4.19. The highest BCUT2D eigenvalue weighted by Gasteiger charge is 2.03. The number of carbonyl (C=O) groups is 2. The van der Waals surface area contributed by atoms with E-state index in [1.54, 1.807) is 24.3 Å². The summed E-state index contributed by atoms with van der Waals surface area (Å²) in [6.45, 7) is -0.0309. The summed E-state index contributed by atoms with van der Waals surface area (Å²) in [5.74, 6) is -0.290. The molecule has 0 bridgehead atoms. The van der Waals surface area contributed by atoms with Crippen LogP contribution in [0, 0.1) is 0 Å². The molecule has 0 saturated carbocycles. The molecule has 0 radical (unpaired) electrons. The Kier molecular flexibility index (Phi) is 3.82. The van der Waals surface area contributed by atoms with Gasteiger partial charge in [0.05, 0.1) is 13.2 Å². The van der Waals surface area contributed by atoms with Gasteiger partial charge in [-0.1, -0.05) is 12.1 Å². The highest BCUT2D eigenvalue weighted by molar-refractivity contribution is 5.95. The molecular formula is C10H11NO3. The Morgan fingerprint density at radius 1 is 1.36 bits per heavy atom. The molecule has 1 aromatic rings. The zero-order valence-corrected chi connectivity index (χ0v) is 7.56. The molecule has 4 nitrogen and oxygen atoms in total. The van der Waals surface area contributed by atoms with Gasteiger partial charge in [0, 0.05) is 5.56 Å². The number of hydrogen-bond donors (Lipinski definition) is 2. The monoisotopic (exact) mass is 193 g/mol. The van der Waals surface area contributed by atoms with Crippen molar-refractivity contribution in [1.82, 2.24) is 5.32 Å². The lowest BCUT2D eigenvalue weighted by Gasteiger charge is -2.01. The molecule has 4 heteroatoms. The Morgan fingerprint density at radius 2 is 2.00 bits per heavy atom. The SMILES string of the molecule is O=CCNC(=O)c1ccc(CO)cc1. The van der Waals surface area contributed by atoms with E-state index in [0.717, 1.165) is 5.56 Å². The molecule has 0 spiro atoms.